The van der Waals surface area contributed by atoms with Crippen molar-refractivity contribution in [2.45, 2.75) is 6.54 Å². The number of carbonyl (C=O) groups is 1. The molecule has 0 spiro atoms. The van der Waals surface area contributed by atoms with Crippen LogP contribution in [0.4, 0.5) is 0 Å². The third-order valence-electron chi connectivity index (χ3n) is 4.14. The molecule has 0 atom stereocenters. The lowest BCUT2D eigenvalue weighted by Gasteiger charge is -2.10. The van der Waals surface area contributed by atoms with E-state index in [0.29, 0.717) is 23.7 Å². The van der Waals surface area contributed by atoms with Gasteiger partial charge in [0.1, 0.15) is 5.56 Å². The molecule has 138 valence electrons. The Bertz CT molecular complexity index is 997. The molecule has 0 saturated heterocycles. The highest BCUT2D eigenvalue weighted by molar-refractivity contribution is 5.94. The first-order chi connectivity index (χ1) is 13.1. The van der Waals surface area contributed by atoms with E-state index in [1.165, 1.54) is 6.07 Å². The maximum absolute atomic E-state index is 12.4. The number of benzene rings is 2. The van der Waals surface area contributed by atoms with Gasteiger partial charge in [-0.1, -0.05) is 30.3 Å². The Kier molecular flexibility index (Phi) is 5.56. The second-order valence-electron chi connectivity index (χ2n) is 5.85. The molecule has 3 aromatic rings. The van der Waals surface area contributed by atoms with Gasteiger partial charge in [0, 0.05) is 17.8 Å². The van der Waals surface area contributed by atoms with Crippen LogP contribution in [-0.4, -0.2) is 25.1 Å². The Morgan fingerprint density at radius 2 is 1.70 bits per heavy atom. The molecule has 1 aromatic heterocycles. The number of hydrogen-bond donors (Lipinski definition) is 2. The average Bonchev–Trinajstić information content (AvgIpc) is 2.72. The number of hydrogen-bond acceptors (Lipinski definition) is 4. The highest BCUT2D eigenvalue weighted by atomic mass is 16.5. The number of carbonyl (C=O) groups excluding carboxylic acids is 1. The van der Waals surface area contributed by atoms with Crippen molar-refractivity contribution in [3.05, 3.63) is 82.1 Å². The molecule has 1 heterocycles. The molecule has 0 saturated carbocycles. The van der Waals surface area contributed by atoms with E-state index in [1.54, 1.807) is 32.4 Å². The molecule has 2 aromatic carbocycles. The zero-order valence-corrected chi connectivity index (χ0v) is 15.1. The van der Waals surface area contributed by atoms with Gasteiger partial charge in [-0.15, -0.1) is 0 Å². The van der Waals surface area contributed by atoms with Gasteiger partial charge in [0.15, 0.2) is 11.5 Å². The summed E-state index contributed by atoms with van der Waals surface area (Å²) in [7, 11) is 3.10. The highest BCUT2D eigenvalue weighted by Crippen LogP contribution is 2.31. The monoisotopic (exact) mass is 364 g/mol. The Morgan fingerprint density at radius 3 is 2.37 bits per heavy atom. The first-order valence-corrected chi connectivity index (χ1v) is 8.40. The molecule has 2 N–H and O–H groups in total. The predicted molar refractivity (Wildman–Crippen MR) is 103 cm³/mol. The summed E-state index contributed by atoms with van der Waals surface area (Å²) >= 11 is 0. The number of nitrogens with one attached hydrogen (secondary N) is 2. The maximum Gasteiger partial charge on any atom is 0.261 e. The minimum absolute atomic E-state index is 0.0650. The van der Waals surface area contributed by atoms with Crippen molar-refractivity contribution in [3.8, 4) is 22.8 Å². The molecule has 0 aliphatic heterocycles. The third kappa shape index (κ3) is 4.17. The van der Waals surface area contributed by atoms with E-state index in [0.717, 1.165) is 11.1 Å². The van der Waals surface area contributed by atoms with E-state index in [4.69, 9.17) is 9.47 Å². The third-order valence-corrected chi connectivity index (χ3v) is 4.14. The summed E-state index contributed by atoms with van der Waals surface area (Å²) in [6.45, 7) is 0.358. The first kappa shape index (κ1) is 18.3. The summed E-state index contributed by atoms with van der Waals surface area (Å²) in [5.74, 6) is 0.736. The summed E-state index contributed by atoms with van der Waals surface area (Å²) in [5, 5.41) is 2.75. The number of methoxy groups -OCH3 is 2. The van der Waals surface area contributed by atoms with E-state index in [-0.39, 0.29) is 5.56 Å². The Morgan fingerprint density at radius 1 is 0.963 bits per heavy atom. The zero-order chi connectivity index (χ0) is 19.2. The molecule has 0 bridgehead atoms. The van der Waals surface area contributed by atoms with Gasteiger partial charge in [0.25, 0.3) is 11.5 Å². The number of H-pyrrole nitrogens is 1. The molecular weight excluding hydrogens is 344 g/mol. The van der Waals surface area contributed by atoms with Crippen LogP contribution in [-0.2, 0) is 6.54 Å². The zero-order valence-electron chi connectivity index (χ0n) is 15.1. The Labute approximate surface area is 156 Å². The number of aromatic amines is 1. The minimum Gasteiger partial charge on any atom is -0.493 e. The van der Waals surface area contributed by atoms with Gasteiger partial charge in [-0.3, -0.25) is 9.59 Å². The van der Waals surface area contributed by atoms with Crippen molar-refractivity contribution < 1.29 is 14.3 Å². The largest absolute Gasteiger partial charge is 0.493 e. The van der Waals surface area contributed by atoms with Crippen LogP contribution in [0.15, 0.2) is 65.5 Å². The second-order valence-corrected chi connectivity index (χ2v) is 5.85. The quantitative estimate of drug-likeness (QED) is 0.705. The minimum atomic E-state index is -0.451. The SMILES string of the molecule is COc1ccc(-c2ccc(C(=O)NCc3ccccc3)c(=O)[nH]2)cc1OC. The topological polar surface area (TPSA) is 80.4 Å². The molecule has 27 heavy (non-hydrogen) atoms. The number of amides is 1. The van der Waals surface area contributed by atoms with Crippen LogP contribution in [0, 0.1) is 0 Å². The van der Waals surface area contributed by atoms with Crippen LogP contribution in [0.5, 0.6) is 11.5 Å². The highest BCUT2D eigenvalue weighted by Gasteiger charge is 2.12. The summed E-state index contributed by atoms with van der Waals surface area (Å²) in [5.41, 5.74) is 1.91. The number of pyridine rings is 1. The van der Waals surface area contributed by atoms with Gasteiger partial charge in [-0.2, -0.15) is 0 Å². The lowest BCUT2D eigenvalue weighted by Crippen LogP contribution is -2.29. The molecule has 0 aliphatic rings. The standard InChI is InChI=1S/C21H20N2O4/c1-26-18-11-8-15(12-19(18)27-2)17-10-9-16(21(25)23-17)20(24)22-13-14-6-4-3-5-7-14/h3-12H,13H2,1-2H3,(H,22,24)(H,23,25). The van der Waals surface area contributed by atoms with Crippen LogP contribution in [0.1, 0.15) is 15.9 Å². The van der Waals surface area contributed by atoms with E-state index in [2.05, 4.69) is 10.3 Å². The van der Waals surface area contributed by atoms with Crippen molar-refractivity contribution in [1.82, 2.24) is 10.3 Å². The fraction of sp³-hybridized carbons (Fsp3) is 0.143. The van der Waals surface area contributed by atoms with Crippen LogP contribution < -0.4 is 20.3 Å². The van der Waals surface area contributed by atoms with Crippen molar-refractivity contribution in [1.29, 1.82) is 0 Å². The lowest BCUT2D eigenvalue weighted by molar-refractivity contribution is 0.0949. The van der Waals surface area contributed by atoms with E-state index < -0.39 is 11.5 Å². The maximum atomic E-state index is 12.4. The van der Waals surface area contributed by atoms with Crippen LogP contribution in [0.2, 0.25) is 0 Å². The van der Waals surface area contributed by atoms with Crippen LogP contribution in [0.3, 0.4) is 0 Å². The molecule has 0 radical (unpaired) electrons. The fourth-order valence-corrected chi connectivity index (χ4v) is 2.70. The van der Waals surface area contributed by atoms with E-state index in [9.17, 15) is 9.59 Å². The fourth-order valence-electron chi connectivity index (χ4n) is 2.70. The van der Waals surface area contributed by atoms with Gasteiger partial charge in [-0.25, -0.2) is 0 Å². The molecule has 0 fully saturated rings. The average molecular weight is 364 g/mol. The second kappa shape index (κ2) is 8.23. The lowest BCUT2D eigenvalue weighted by atomic mass is 10.1. The van der Waals surface area contributed by atoms with Crippen molar-refractivity contribution in [3.63, 3.8) is 0 Å². The first-order valence-electron chi connectivity index (χ1n) is 8.40. The molecule has 0 unspecified atom stereocenters. The van der Waals surface area contributed by atoms with Crippen molar-refractivity contribution in [2.75, 3.05) is 14.2 Å². The predicted octanol–water partition coefficient (Wildman–Crippen LogP) is 2.99. The number of aromatic nitrogens is 1. The summed E-state index contributed by atoms with van der Waals surface area (Å²) in [4.78, 5) is 27.4. The van der Waals surface area contributed by atoms with Gasteiger partial charge < -0.3 is 19.8 Å². The smallest absolute Gasteiger partial charge is 0.261 e. The summed E-state index contributed by atoms with van der Waals surface area (Å²) in [6, 6.07) is 18.1. The summed E-state index contributed by atoms with van der Waals surface area (Å²) < 4.78 is 10.5. The van der Waals surface area contributed by atoms with Gasteiger partial charge in [0.05, 0.1) is 14.2 Å². The Hall–Kier alpha value is -3.54. The van der Waals surface area contributed by atoms with Crippen molar-refractivity contribution >= 4 is 5.91 Å². The van der Waals surface area contributed by atoms with Gasteiger partial charge in [-0.05, 0) is 35.9 Å². The molecule has 1 amide bonds. The normalized spacial score (nSPS) is 10.3. The summed E-state index contributed by atoms with van der Waals surface area (Å²) in [6.07, 6.45) is 0. The molecule has 6 nitrogen and oxygen atoms in total. The molecular formula is C21H20N2O4. The van der Waals surface area contributed by atoms with Gasteiger partial charge in [0.2, 0.25) is 0 Å². The van der Waals surface area contributed by atoms with E-state index in [1.807, 2.05) is 36.4 Å². The number of ether oxygens (including phenoxy) is 2. The van der Waals surface area contributed by atoms with Crippen LogP contribution >= 0.6 is 0 Å². The van der Waals surface area contributed by atoms with Crippen LogP contribution in [0.25, 0.3) is 11.3 Å². The molecule has 3 rings (SSSR count). The molecule has 0 aliphatic carbocycles. The molecule has 6 heteroatoms. The Balaban J connectivity index is 1.79. The van der Waals surface area contributed by atoms with Crippen molar-refractivity contribution in [2.24, 2.45) is 0 Å². The van der Waals surface area contributed by atoms with E-state index >= 15 is 0 Å². The van der Waals surface area contributed by atoms with Gasteiger partial charge >= 0.3 is 0 Å². The number of rotatable bonds is 6.